The molecule has 13 heteroatoms. The quantitative estimate of drug-likeness (QED) is 0.280. The van der Waals surface area contributed by atoms with Crippen LogP contribution in [-0.4, -0.2) is 80.6 Å². The summed E-state index contributed by atoms with van der Waals surface area (Å²) >= 11 is 6.25. The maximum absolute atomic E-state index is 14.8. The Morgan fingerprint density at radius 1 is 1.19 bits per heavy atom. The van der Waals surface area contributed by atoms with E-state index in [0.29, 0.717) is 25.7 Å². The molecule has 208 valence electrons. The van der Waals surface area contributed by atoms with Gasteiger partial charge >= 0.3 is 6.09 Å². The molecule has 3 aliphatic rings. The molecule has 0 aromatic rings. The molecule has 2 aliphatic carbocycles. The number of carbonyl (C=O) groups is 2. The number of hydrogen-bond acceptors (Lipinski definition) is 7. The van der Waals surface area contributed by atoms with Crippen LogP contribution in [0, 0.1) is 17.8 Å². The zero-order valence-corrected chi connectivity index (χ0v) is 23.1. The number of halogens is 2. The highest BCUT2D eigenvalue weighted by Gasteiger charge is 2.44. The molecule has 5 unspecified atom stereocenters. The third kappa shape index (κ3) is 8.68. The number of nitrogens with zero attached hydrogens (tertiary/aromatic N) is 1. The van der Waals surface area contributed by atoms with Crippen LogP contribution in [-0.2, 0) is 19.6 Å². The number of carbonyl (C=O) groups excluding carboxylic acids is 2. The predicted molar refractivity (Wildman–Crippen MR) is 135 cm³/mol. The molecule has 0 aromatic heterocycles. The first-order chi connectivity index (χ1) is 16.7. The molecule has 0 spiro atoms. The minimum absolute atomic E-state index is 0.0217. The molecule has 1 aliphatic heterocycles. The number of amides is 2. The van der Waals surface area contributed by atoms with Crippen LogP contribution in [0.5, 0.6) is 0 Å². The van der Waals surface area contributed by atoms with Crippen LogP contribution in [0.15, 0.2) is 0 Å². The number of alkyl halides is 2. The summed E-state index contributed by atoms with van der Waals surface area (Å²) in [6, 6.07) is -0.0666. The van der Waals surface area contributed by atoms with Crippen LogP contribution in [0.3, 0.4) is 0 Å². The van der Waals surface area contributed by atoms with Crippen molar-refractivity contribution in [2.45, 2.75) is 88.5 Å². The molecule has 0 bridgehead atoms. The van der Waals surface area contributed by atoms with E-state index in [0.717, 1.165) is 26.1 Å². The summed E-state index contributed by atoms with van der Waals surface area (Å²) in [6.07, 6.45) is 1.37. The smallest absolute Gasteiger partial charge is 0.407 e. The van der Waals surface area contributed by atoms with Crippen LogP contribution in [0.2, 0.25) is 0 Å². The number of ether oxygens (including phenoxy) is 1. The fraction of sp³-hybridized carbons (Fsp3) is 0.913. The number of rotatable bonds is 7. The second-order valence-electron chi connectivity index (χ2n) is 11.6. The lowest BCUT2D eigenvalue weighted by Gasteiger charge is -2.37. The molecule has 36 heavy (non-hydrogen) atoms. The average Bonchev–Trinajstić information content (AvgIpc) is 3.19. The molecule has 7 atom stereocenters. The fourth-order valence-electron chi connectivity index (χ4n) is 5.48. The van der Waals surface area contributed by atoms with E-state index in [1.807, 2.05) is 7.05 Å². The average molecular weight is 554 g/mol. The number of hydrazine groups is 1. The zero-order chi connectivity index (χ0) is 26.7. The summed E-state index contributed by atoms with van der Waals surface area (Å²) in [6.45, 7) is 6.84. The first-order valence-corrected chi connectivity index (χ1v) is 14.8. The molecular weight excluding hydrogens is 513 g/mol. The molecule has 3 rings (SSSR count). The Morgan fingerprint density at radius 3 is 2.56 bits per heavy atom. The number of alkyl carbamates (subject to hydrolysis) is 1. The van der Waals surface area contributed by atoms with Crippen molar-refractivity contribution in [3.05, 3.63) is 0 Å². The van der Waals surface area contributed by atoms with Crippen LogP contribution >= 0.6 is 11.6 Å². The Morgan fingerprint density at radius 2 is 1.92 bits per heavy atom. The van der Waals surface area contributed by atoms with Gasteiger partial charge < -0.3 is 10.1 Å². The van der Waals surface area contributed by atoms with Gasteiger partial charge in [0, 0.05) is 25.3 Å². The van der Waals surface area contributed by atoms with Crippen LogP contribution in [0.1, 0.15) is 59.3 Å². The van der Waals surface area contributed by atoms with Crippen LogP contribution in [0.4, 0.5) is 9.18 Å². The van der Waals surface area contributed by atoms with E-state index in [4.69, 9.17) is 16.3 Å². The molecule has 2 amide bonds. The van der Waals surface area contributed by atoms with Crippen molar-refractivity contribution in [2.75, 3.05) is 26.0 Å². The number of likely N-dealkylation sites (N-methyl/N-ethyl adjacent to an activating group) is 1. The van der Waals surface area contributed by atoms with Crippen LogP contribution < -0.4 is 20.9 Å². The van der Waals surface area contributed by atoms with Gasteiger partial charge in [0.2, 0.25) is 15.9 Å². The summed E-state index contributed by atoms with van der Waals surface area (Å²) in [5.41, 5.74) is 1.61. The first kappa shape index (κ1) is 29.3. The zero-order valence-electron chi connectivity index (χ0n) is 21.6. The number of hydrogen-bond donors (Lipinski definition) is 4. The minimum atomic E-state index is -3.86. The number of nitrogens with one attached hydrogen (secondary N) is 4. The van der Waals surface area contributed by atoms with Gasteiger partial charge in [-0.05, 0) is 71.8 Å². The van der Waals surface area contributed by atoms with Crippen molar-refractivity contribution in [2.24, 2.45) is 17.8 Å². The monoisotopic (exact) mass is 553 g/mol. The largest absolute Gasteiger partial charge is 0.444 e. The minimum Gasteiger partial charge on any atom is -0.444 e. The van der Waals surface area contributed by atoms with Gasteiger partial charge in [-0.1, -0.05) is 6.42 Å². The van der Waals surface area contributed by atoms with Crippen molar-refractivity contribution < 1.29 is 27.1 Å². The van der Waals surface area contributed by atoms with E-state index in [1.165, 1.54) is 0 Å². The van der Waals surface area contributed by atoms with Gasteiger partial charge in [0.05, 0.1) is 17.0 Å². The van der Waals surface area contributed by atoms with E-state index < -0.39 is 45.1 Å². The Bertz CT molecular complexity index is 889. The SMILES string of the molecule is CN1CNC(C2CC(Cl)C(F)C(C(=O)NNS(=O)(=O)C[C@@H]3CCC[C@@H](NC(=O)OC(C)(C)C)C3)C2)C1. The Balaban J connectivity index is 1.49. The summed E-state index contributed by atoms with van der Waals surface area (Å²) in [5.74, 6) is -2.12. The standard InChI is InChI=1S/C23H41ClFN5O5S/c1-23(2,3)35-22(32)27-16-7-5-6-14(8-16)12-36(33,34)29-28-21(31)17-9-15(10-18(24)20(17)25)19-11-30(4)13-26-19/h14-20,26,29H,5-13H2,1-4H3,(H,27,32)(H,28,31)/t14-,15?,16-,17?,18?,19?,20?/m1/s1. The second kappa shape index (κ2) is 12.1. The second-order valence-corrected chi connectivity index (χ2v) is 13.9. The van der Waals surface area contributed by atoms with Crippen molar-refractivity contribution in [3.8, 4) is 0 Å². The van der Waals surface area contributed by atoms with E-state index in [2.05, 4.69) is 25.8 Å². The Hall–Kier alpha value is -1.21. The Kier molecular flexibility index (Phi) is 9.87. The van der Waals surface area contributed by atoms with Gasteiger partial charge in [0.25, 0.3) is 0 Å². The molecule has 4 N–H and O–H groups in total. The lowest BCUT2D eigenvalue weighted by Crippen LogP contribution is -2.52. The summed E-state index contributed by atoms with van der Waals surface area (Å²) < 4.78 is 45.5. The molecule has 0 aromatic carbocycles. The third-order valence-electron chi connectivity index (χ3n) is 7.14. The third-order valence-corrected chi connectivity index (χ3v) is 8.88. The van der Waals surface area contributed by atoms with Crippen molar-refractivity contribution >= 4 is 33.6 Å². The lowest BCUT2D eigenvalue weighted by atomic mass is 9.76. The summed E-state index contributed by atoms with van der Waals surface area (Å²) in [4.78, 5) is 29.1. The van der Waals surface area contributed by atoms with Crippen molar-refractivity contribution in [1.29, 1.82) is 0 Å². The molecule has 10 nitrogen and oxygen atoms in total. The highest BCUT2D eigenvalue weighted by molar-refractivity contribution is 7.89. The van der Waals surface area contributed by atoms with Gasteiger partial charge in [-0.3, -0.25) is 20.4 Å². The molecule has 2 saturated carbocycles. The van der Waals surface area contributed by atoms with Crippen molar-refractivity contribution in [1.82, 2.24) is 25.8 Å². The van der Waals surface area contributed by atoms with E-state index >= 15 is 0 Å². The molecule has 0 radical (unpaired) electrons. The van der Waals surface area contributed by atoms with Crippen molar-refractivity contribution in [3.63, 3.8) is 0 Å². The highest BCUT2D eigenvalue weighted by atomic mass is 35.5. The van der Waals surface area contributed by atoms with Gasteiger partial charge in [-0.25, -0.2) is 17.6 Å². The molecule has 1 saturated heterocycles. The molecular formula is C23H41ClFN5O5S. The van der Waals surface area contributed by atoms with Gasteiger partial charge in [-0.15, -0.1) is 16.4 Å². The highest BCUT2D eigenvalue weighted by Crippen LogP contribution is 2.37. The molecule has 1 heterocycles. The van der Waals surface area contributed by atoms with E-state index in [9.17, 15) is 22.4 Å². The Labute approximate surface area is 218 Å². The van der Waals surface area contributed by atoms with Gasteiger partial charge in [-0.2, -0.15) is 0 Å². The lowest BCUT2D eigenvalue weighted by molar-refractivity contribution is -0.129. The topological polar surface area (TPSA) is 129 Å². The van der Waals surface area contributed by atoms with Crippen LogP contribution in [0.25, 0.3) is 0 Å². The predicted octanol–water partition coefficient (Wildman–Crippen LogP) is 1.85. The number of sulfonamides is 1. The van der Waals surface area contributed by atoms with Gasteiger partial charge in [0.1, 0.15) is 11.8 Å². The summed E-state index contributed by atoms with van der Waals surface area (Å²) in [7, 11) is -1.88. The first-order valence-electron chi connectivity index (χ1n) is 12.7. The summed E-state index contributed by atoms with van der Waals surface area (Å²) in [5, 5.41) is 5.38. The fourth-order valence-corrected chi connectivity index (χ4v) is 7.15. The van der Waals surface area contributed by atoms with E-state index in [-0.39, 0.29) is 29.7 Å². The maximum atomic E-state index is 14.8. The molecule has 3 fully saturated rings. The normalized spacial score (nSPS) is 34.2. The maximum Gasteiger partial charge on any atom is 0.407 e. The van der Waals surface area contributed by atoms with Gasteiger partial charge in [0.15, 0.2) is 0 Å². The van der Waals surface area contributed by atoms with E-state index in [1.54, 1.807) is 20.8 Å².